The molecule has 0 atom stereocenters. The van der Waals surface area contributed by atoms with Crippen LogP contribution < -0.4 is 4.90 Å². The largest absolute Gasteiger partial charge is 0.369 e. The van der Waals surface area contributed by atoms with Crippen molar-refractivity contribution in [3.05, 3.63) is 71.0 Å². The molecule has 1 saturated heterocycles. The molecule has 0 spiro atoms. The molecule has 1 aliphatic heterocycles. The van der Waals surface area contributed by atoms with Gasteiger partial charge >= 0.3 is 0 Å². The smallest absolute Gasteiger partial charge is 0.246 e. The molecule has 1 aromatic heterocycles. The lowest BCUT2D eigenvalue weighted by molar-refractivity contribution is 0.384. The fourth-order valence-electron chi connectivity index (χ4n) is 3.81. The van der Waals surface area contributed by atoms with Crippen LogP contribution in [0, 0.1) is 13.8 Å². The van der Waals surface area contributed by atoms with Gasteiger partial charge < -0.3 is 4.90 Å². The molecule has 0 amide bonds. The van der Waals surface area contributed by atoms with Gasteiger partial charge in [0.05, 0.1) is 17.1 Å². The van der Waals surface area contributed by atoms with E-state index >= 15 is 0 Å². The lowest BCUT2D eigenvalue weighted by Crippen LogP contribution is -2.48. The van der Waals surface area contributed by atoms with Crippen molar-refractivity contribution < 1.29 is 8.42 Å². The maximum Gasteiger partial charge on any atom is 0.246 e. The number of piperazine rings is 1. The zero-order chi connectivity index (χ0) is 20.6. The van der Waals surface area contributed by atoms with E-state index in [0.717, 1.165) is 11.4 Å². The standard InChI is InChI=1S/C21H23ClN4O2S/c1-16-21(17(2)26(23-16)19-8-4-3-5-9-19)29(27,28)25-13-11-24(12-14-25)20-10-6-7-18(22)15-20/h3-10,15H,11-14H2,1-2H3. The van der Waals surface area contributed by atoms with Crippen molar-refractivity contribution >= 4 is 27.3 Å². The first kappa shape index (κ1) is 19.9. The predicted octanol–water partition coefficient (Wildman–Crippen LogP) is 3.65. The lowest BCUT2D eigenvalue weighted by atomic mass is 10.2. The molecule has 1 aliphatic rings. The molecule has 2 aromatic carbocycles. The minimum absolute atomic E-state index is 0.303. The molecule has 6 nitrogen and oxygen atoms in total. The Bertz CT molecular complexity index is 1120. The first-order chi connectivity index (χ1) is 13.9. The van der Waals surface area contributed by atoms with Crippen molar-refractivity contribution in [2.75, 3.05) is 31.1 Å². The van der Waals surface area contributed by atoms with Gasteiger partial charge in [0.15, 0.2) is 0 Å². The molecule has 0 unspecified atom stereocenters. The van der Waals surface area contributed by atoms with Crippen LogP contribution in [0.25, 0.3) is 5.69 Å². The van der Waals surface area contributed by atoms with E-state index < -0.39 is 10.0 Å². The number of hydrogen-bond acceptors (Lipinski definition) is 4. The fraction of sp³-hybridized carbons (Fsp3) is 0.286. The second-order valence-corrected chi connectivity index (χ2v) is 9.43. The Morgan fingerprint density at radius 2 is 1.55 bits per heavy atom. The van der Waals surface area contributed by atoms with E-state index in [1.807, 2.05) is 61.5 Å². The molecule has 1 fully saturated rings. The molecule has 2 heterocycles. The van der Waals surface area contributed by atoms with E-state index in [1.54, 1.807) is 15.9 Å². The normalized spacial score (nSPS) is 15.6. The summed E-state index contributed by atoms with van der Waals surface area (Å²) in [6.07, 6.45) is 0. The molecule has 4 rings (SSSR count). The number of aryl methyl sites for hydroxylation is 1. The van der Waals surface area contributed by atoms with E-state index in [2.05, 4.69) is 10.00 Å². The molecule has 0 bridgehead atoms. The third-order valence-corrected chi connectivity index (χ3v) is 7.62. The third kappa shape index (κ3) is 3.77. The number of anilines is 1. The summed E-state index contributed by atoms with van der Waals surface area (Å²) in [7, 11) is -3.63. The maximum absolute atomic E-state index is 13.4. The third-order valence-electron chi connectivity index (χ3n) is 5.24. The number of rotatable bonds is 4. The molecule has 152 valence electrons. The predicted molar refractivity (Wildman–Crippen MR) is 115 cm³/mol. The molecule has 3 aromatic rings. The highest BCUT2D eigenvalue weighted by atomic mass is 35.5. The highest BCUT2D eigenvalue weighted by Gasteiger charge is 2.33. The SMILES string of the molecule is Cc1nn(-c2ccccc2)c(C)c1S(=O)(=O)N1CCN(c2cccc(Cl)c2)CC1. The molecule has 8 heteroatoms. The lowest BCUT2D eigenvalue weighted by Gasteiger charge is -2.35. The van der Waals surface area contributed by atoms with Crippen LogP contribution in [0.5, 0.6) is 0 Å². The minimum Gasteiger partial charge on any atom is -0.369 e. The van der Waals surface area contributed by atoms with E-state index in [9.17, 15) is 8.42 Å². The van der Waals surface area contributed by atoms with E-state index in [0.29, 0.717) is 47.5 Å². The van der Waals surface area contributed by atoms with Crippen LogP contribution in [0.3, 0.4) is 0 Å². The summed E-state index contributed by atoms with van der Waals surface area (Å²) in [5, 5.41) is 5.18. The fourth-order valence-corrected chi connectivity index (χ4v) is 5.77. The number of hydrogen-bond donors (Lipinski definition) is 0. The van der Waals surface area contributed by atoms with Crippen LogP contribution >= 0.6 is 11.6 Å². The van der Waals surface area contributed by atoms with Gasteiger partial charge in [0, 0.05) is 36.9 Å². The topological polar surface area (TPSA) is 58.4 Å². The van der Waals surface area contributed by atoms with Crippen molar-refractivity contribution in [2.24, 2.45) is 0 Å². The van der Waals surface area contributed by atoms with Crippen molar-refractivity contribution in [1.29, 1.82) is 0 Å². The molecule has 0 N–H and O–H groups in total. The first-order valence-electron chi connectivity index (χ1n) is 9.50. The molecule has 29 heavy (non-hydrogen) atoms. The van der Waals surface area contributed by atoms with Crippen LogP contribution in [0.1, 0.15) is 11.4 Å². The number of nitrogens with zero attached hydrogens (tertiary/aromatic N) is 4. The summed E-state index contributed by atoms with van der Waals surface area (Å²) in [6.45, 7) is 5.63. The number of aromatic nitrogens is 2. The molecule has 0 radical (unpaired) electrons. The minimum atomic E-state index is -3.63. The monoisotopic (exact) mass is 430 g/mol. The van der Waals surface area contributed by atoms with Gasteiger partial charge in [0.2, 0.25) is 10.0 Å². The van der Waals surface area contributed by atoms with E-state index in [1.165, 1.54) is 0 Å². The van der Waals surface area contributed by atoms with Gasteiger partial charge in [0.25, 0.3) is 0 Å². The van der Waals surface area contributed by atoms with Gasteiger partial charge in [0.1, 0.15) is 4.90 Å². The second-order valence-electron chi connectivity index (χ2n) is 7.12. The first-order valence-corrected chi connectivity index (χ1v) is 11.3. The number of halogens is 1. The average molecular weight is 431 g/mol. The van der Waals surface area contributed by atoms with Crippen LogP contribution in [-0.2, 0) is 10.0 Å². The maximum atomic E-state index is 13.4. The Morgan fingerprint density at radius 3 is 2.21 bits per heavy atom. The Balaban J connectivity index is 1.58. The Morgan fingerprint density at radius 1 is 0.897 bits per heavy atom. The summed E-state index contributed by atoms with van der Waals surface area (Å²) in [5.41, 5.74) is 3.01. The van der Waals surface area contributed by atoms with Gasteiger partial charge in [-0.05, 0) is 44.2 Å². The Hall–Kier alpha value is -2.35. The van der Waals surface area contributed by atoms with Gasteiger partial charge in [-0.25, -0.2) is 13.1 Å². The number of para-hydroxylation sites is 1. The van der Waals surface area contributed by atoms with Gasteiger partial charge in [-0.15, -0.1) is 0 Å². The quantitative estimate of drug-likeness (QED) is 0.633. The average Bonchev–Trinajstić information content (AvgIpc) is 3.03. The highest BCUT2D eigenvalue weighted by molar-refractivity contribution is 7.89. The zero-order valence-electron chi connectivity index (χ0n) is 16.4. The highest BCUT2D eigenvalue weighted by Crippen LogP contribution is 2.28. The van der Waals surface area contributed by atoms with Gasteiger partial charge in [-0.3, -0.25) is 0 Å². The van der Waals surface area contributed by atoms with Crippen LogP contribution in [-0.4, -0.2) is 48.7 Å². The molecule has 0 aliphatic carbocycles. The zero-order valence-corrected chi connectivity index (χ0v) is 18.0. The van der Waals surface area contributed by atoms with Crippen molar-refractivity contribution in [1.82, 2.24) is 14.1 Å². The van der Waals surface area contributed by atoms with Crippen molar-refractivity contribution in [3.8, 4) is 5.69 Å². The molecular weight excluding hydrogens is 408 g/mol. The summed E-state index contributed by atoms with van der Waals surface area (Å²) < 4.78 is 30.1. The summed E-state index contributed by atoms with van der Waals surface area (Å²) in [4.78, 5) is 2.46. The summed E-state index contributed by atoms with van der Waals surface area (Å²) in [5.74, 6) is 0. The summed E-state index contributed by atoms with van der Waals surface area (Å²) in [6, 6.07) is 17.2. The van der Waals surface area contributed by atoms with Gasteiger partial charge in [-0.1, -0.05) is 35.9 Å². The number of sulfonamides is 1. The summed E-state index contributed by atoms with van der Waals surface area (Å²) >= 11 is 6.09. The Labute approximate surface area is 176 Å². The van der Waals surface area contributed by atoms with E-state index in [4.69, 9.17) is 11.6 Å². The van der Waals surface area contributed by atoms with Crippen LogP contribution in [0.15, 0.2) is 59.5 Å². The van der Waals surface area contributed by atoms with Crippen LogP contribution in [0.4, 0.5) is 5.69 Å². The Kier molecular flexibility index (Phi) is 5.38. The van der Waals surface area contributed by atoms with Crippen LogP contribution in [0.2, 0.25) is 5.02 Å². The second kappa shape index (κ2) is 7.82. The van der Waals surface area contributed by atoms with Crippen molar-refractivity contribution in [2.45, 2.75) is 18.7 Å². The van der Waals surface area contributed by atoms with Crippen molar-refractivity contribution in [3.63, 3.8) is 0 Å². The molecular formula is C21H23ClN4O2S. The van der Waals surface area contributed by atoms with Gasteiger partial charge in [-0.2, -0.15) is 9.40 Å². The number of benzene rings is 2. The molecule has 0 saturated carbocycles. The van der Waals surface area contributed by atoms with E-state index in [-0.39, 0.29) is 0 Å².